The maximum atomic E-state index is 13.1. The van der Waals surface area contributed by atoms with Crippen molar-refractivity contribution in [3.63, 3.8) is 0 Å². The van der Waals surface area contributed by atoms with Crippen LogP contribution in [0.1, 0.15) is 28.5 Å². The molecule has 25 heavy (non-hydrogen) atoms. The molecule has 0 aliphatic carbocycles. The summed E-state index contributed by atoms with van der Waals surface area (Å²) in [6, 6.07) is 13.7. The molecule has 1 heterocycles. The molecule has 2 N–H and O–H groups in total. The van der Waals surface area contributed by atoms with Crippen molar-refractivity contribution in [1.29, 1.82) is 0 Å². The van der Waals surface area contributed by atoms with Crippen molar-refractivity contribution in [2.45, 2.75) is 12.5 Å². The number of hydrogen-bond donors (Lipinski definition) is 2. The smallest absolute Gasteiger partial charge is 0.305 e. The third-order valence-electron chi connectivity index (χ3n) is 3.85. The zero-order valence-electron chi connectivity index (χ0n) is 13.1. The number of carboxylic acids is 1. The lowest BCUT2D eigenvalue weighted by Gasteiger charge is -2.17. The summed E-state index contributed by atoms with van der Waals surface area (Å²) in [6.45, 7) is 0. The SMILES string of the molecule is O=C(O)CC(NC(=O)c1nccc2ccccc12)c1ccc(F)cc1. The summed E-state index contributed by atoms with van der Waals surface area (Å²) in [5.41, 5.74) is 0.730. The molecule has 5 nitrogen and oxygen atoms in total. The standard InChI is InChI=1S/C19H15FN2O3/c20-14-7-5-13(6-8-14)16(11-17(23)24)22-19(25)18-15-4-2-1-3-12(15)9-10-21-18/h1-10,16H,11H2,(H,22,25)(H,23,24). The van der Waals surface area contributed by atoms with Gasteiger partial charge in [-0.3, -0.25) is 14.6 Å². The molecule has 126 valence electrons. The van der Waals surface area contributed by atoms with Crippen molar-refractivity contribution >= 4 is 22.6 Å². The molecular weight excluding hydrogens is 323 g/mol. The highest BCUT2D eigenvalue weighted by atomic mass is 19.1. The second-order valence-corrected chi connectivity index (χ2v) is 5.56. The Hall–Kier alpha value is -3.28. The second-order valence-electron chi connectivity index (χ2n) is 5.56. The normalized spacial score (nSPS) is 11.9. The molecule has 0 aliphatic rings. The van der Waals surface area contributed by atoms with Gasteiger partial charge in [-0.25, -0.2) is 4.39 Å². The first-order chi connectivity index (χ1) is 12.0. The molecule has 1 aromatic heterocycles. The van der Waals surface area contributed by atoms with Gasteiger partial charge in [0, 0.05) is 11.6 Å². The maximum Gasteiger partial charge on any atom is 0.305 e. The summed E-state index contributed by atoms with van der Waals surface area (Å²) in [5.74, 6) is -1.98. The number of amides is 1. The highest BCUT2D eigenvalue weighted by Crippen LogP contribution is 2.20. The van der Waals surface area contributed by atoms with Crippen LogP contribution in [0.25, 0.3) is 10.8 Å². The summed E-state index contributed by atoms with van der Waals surface area (Å²) < 4.78 is 13.1. The Bertz CT molecular complexity index is 920. The van der Waals surface area contributed by atoms with Gasteiger partial charge in [-0.1, -0.05) is 36.4 Å². The molecule has 0 fully saturated rings. The number of nitrogens with zero attached hydrogens (tertiary/aromatic N) is 1. The predicted molar refractivity (Wildman–Crippen MR) is 90.6 cm³/mol. The van der Waals surface area contributed by atoms with Crippen LogP contribution in [0.4, 0.5) is 4.39 Å². The van der Waals surface area contributed by atoms with E-state index in [2.05, 4.69) is 10.3 Å². The van der Waals surface area contributed by atoms with Crippen molar-refractivity contribution in [1.82, 2.24) is 10.3 Å². The maximum absolute atomic E-state index is 13.1. The largest absolute Gasteiger partial charge is 0.481 e. The van der Waals surface area contributed by atoms with Gasteiger partial charge in [0.25, 0.3) is 5.91 Å². The van der Waals surface area contributed by atoms with Crippen LogP contribution in [0.3, 0.4) is 0 Å². The fraction of sp³-hybridized carbons (Fsp3) is 0.105. The number of carboxylic acid groups (broad SMARTS) is 1. The van der Waals surface area contributed by atoms with E-state index in [1.807, 2.05) is 12.1 Å². The van der Waals surface area contributed by atoms with Gasteiger partial charge in [0.15, 0.2) is 0 Å². The number of pyridine rings is 1. The number of nitrogens with one attached hydrogen (secondary N) is 1. The number of rotatable bonds is 5. The van der Waals surface area contributed by atoms with Crippen LogP contribution >= 0.6 is 0 Å². The van der Waals surface area contributed by atoms with Crippen molar-refractivity contribution in [2.75, 3.05) is 0 Å². The fourth-order valence-corrected chi connectivity index (χ4v) is 2.65. The molecule has 1 atom stereocenters. The van der Waals surface area contributed by atoms with E-state index in [4.69, 9.17) is 5.11 Å². The number of fused-ring (bicyclic) bond motifs is 1. The lowest BCUT2D eigenvalue weighted by Crippen LogP contribution is -2.31. The molecular formula is C19H15FN2O3. The van der Waals surface area contributed by atoms with E-state index in [1.54, 1.807) is 18.2 Å². The molecule has 0 radical (unpaired) electrons. The highest BCUT2D eigenvalue weighted by molar-refractivity contribution is 6.05. The van der Waals surface area contributed by atoms with Crippen LogP contribution in [-0.2, 0) is 4.79 Å². The number of aromatic nitrogens is 1. The first-order valence-electron chi connectivity index (χ1n) is 7.66. The van der Waals surface area contributed by atoms with Crippen LogP contribution in [0.5, 0.6) is 0 Å². The van der Waals surface area contributed by atoms with E-state index in [9.17, 15) is 14.0 Å². The lowest BCUT2D eigenvalue weighted by atomic mass is 10.0. The van der Waals surface area contributed by atoms with Gasteiger partial charge < -0.3 is 10.4 Å². The van der Waals surface area contributed by atoms with E-state index in [-0.39, 0.29) is 12.1 Å². The van der Waals surface area contributed by atoms with Gasteiger partial charge in [0.2, 0.25) is 0 Å². The lowest BCUT2D eigenvalue weighted by molar-refractivity contribution is -0.137. The third-order valence-corrected chi connectivity index (χ3v) is 3.85. The first kappa shape index (κ1) is 16.6. The van der Waals surface area contributed by atoms with Gasteiger partial charge in [-0.15, -0.1) is 0 Å². The molecule has 3 rings (SSSR count). The number of hydrogen-bond acceptors (Lipinski definition) is 3. The van der Waals surface area contributed by atoms with Crippen LogP contribution in [0, 0.1) is 5.82 Å². The van der Waals surface area contributed by atoms with Crippen molar-refractivity contribution in [3.8, 4) is 0 Å². The topological polar surface area (TPSA) is 79.3 Å². The van der Waals surface area contributed by atoms with Gasteiger partial charge in [0.05, 0.1) is 12.5 Å². The fourth-order valence-electron chi connectivity index (χ4n) is 2.65. The Balaban J connectivity index is 1.91. The monoisotopic (exact) mass is 338 g/mol. The Morgan fingerprint density at radius 1 is 1.08 bits per heavy atom. The zero-order chi connectivity index (χ0) is 17.8. The van der Waals surface area contributed by atoms with Crippen LogP contribution in [-0.4, -0.2) is 22.0 Å². The van der Waals surface area contributed by atoms with Crippen LogP contribution in [0.15, 0.2) is 60.8 Å². The molecule has 1 unspecified atom stereocenters. The molecule has 3 aromatic rings. The van der Waals surface area contributed by atoms with Gasteiger partial charge >= 0.3 is 5.97 Å². The number of aliphatic carboxylic acids is 1. The molecule has 0 saturated heterocycles. The molecule has 0 aliphatic heterocycles. The minimum Gasteiger partial charge on any atom is -0.481 e. The minimum atomic E-state index is -1.07. The van der Waals surface area contributed by atoms with E-state index in [0.29, 0.717) is 10.9 Å². The Morgan fingerprint density at radius 2 is 1.80 bits per heavy atom. The molecule has 1 amide bonds. The van der Waals surface area contributed by atoms with E-state index < -0.39 is 23.7 Å². The Kier molecular flexibility index (Phi) is 4.70. The van der Waals surface area contributed by atoms with Crippen molar-refractivity contribution < 1.29 is 19.1 Å². The summed E-state index contributed by atoms with van der Waals surface area (Å²) in [7, 11) is 0. The van der Waals surface area contributed by atoms with Gasteiger partial charge in [-0.05, 0) is 29.1 Å². The van der Waals surface area contributed by atoms with Crippen LogP contribution in [0.2, 0.25) is 0 Å². The number of benzene rings is 2. The minimum absolute atomic E-state index is 0.218. The summed E-state index contributed by atoms with van der Waals surface area (Å²) >= 11 is 0. The highest BCUT2D eigenvalue weighted by Gasteiger charge is 2.20. The van der Waals surface area contributed by atoms with Crippen LogP contribution < -0.4 is 5.32 Å². The molecule has 2 aromatic carbocycles. The van der Waals surface area contributed by atoms with Gasteiger partial charge in [0.1, 0.15) is 11.5 Å². The average Bonchev–Trinajstić information content (AvgIpc) is 2.61. The molecule has 0 saturated carbocycles. The summed E-state index contributed by atoms with van der Waals surface area (Å²) in [4.78, 5) is 27.9. The summed E-state index contributed by atoms with van der Waals surface area (Å²) in [5, 5.41) is 13.3. The van der Waals surface area contributed by atoms with Crippen molar-refractivity contribution in [2.24, 2.45) is 0 Å². The third kappa shape index (κ3) is 3.80. The summed E-state index contributed by atoms with van der Waals surface area (Å²) in [6.07, 6.45) is 1.21. The molecule has 0 spiro atoms. The first-order valence-corrected chi connectivity index (χ1v) is 7.66. The second kappa shape index (κ2) is 7.09. The number of halogens is 1. The Labute approximate surface area is 143 Å². The Morgan fingerprint density at radius 3 is 2.52 bits per heavy atom. The predicted octanol–water partition coefficient (Wildman–Crippen LogP) is 3.32. The van der Waals surface area contributed by atoms with E-state index in [0.717, 1.165) is 5.39 Å². The number of carbonyl (C=O) groups excluding carboxylic acids is 1. The van der Waals surface area contributed by atoms with Crippen molar-refractivity contribution in [3.05, 3.63) is 77.9 Å². The zero-order valence-corrected chi connectivity index (χ0v) is 13.1. The molecule has 6 heteroatoms. The van der Waals surface area contributed by atoms with Gasteiger partial charge in [-0.2, -0.15) is 0 Å². The van der Waals surface area contributed by atoms with E-state index in [1.165, 1.54) is 30.5 Å². The average molecular weight is 338 g/mol. The quantitative estimate of drug-likeness (QED) is 0.748. The van der Waals surface area contributed by atoms with E-state index >= 15 is 0 Å². The molecule has 0 bridgehead atoms. The number of carbonyl (C=O) groups is 2.